The molecule has 1 fully saturated rings. The number of hydrogen-bond acceptors (Lipinski definition) is 4. The summed E-state index contributed by atoms with van der Waals surface area (Å²) in [6.07, 6.45) is 5.22. The quantitative estimate of drug-likeness (QED) is 0.829. The Hall–Kier alpha value is -1.14. The number of sulfone groups is 1. The monoisotopic (exact) mass is 330 g/mol. The first-order valence-electron chi connectivity index (χ1n) is 7.05. The fourth-order valence-electron chi connectivity index (χ4n) is 2.50. The average molecular weight is 331 g/mol. The molecule has 1 unspecified atom stereocenters. The number of aromatic nitrogens is 1. The number of halogens is 1. The third-order valence-electron chi connectivity index (χ3n) is 3.67. The molecule has 0 bridgehead atoms. The van der Waals surface area contributed by atoms with Crippen molar-refractivity contribution in [1.82, 2.24) is 9.88 Å². The molecule has 0 aromatic carbocycles. The minimum absolute atomic E-state index is 0.0468. The van der Waals surface area contributed by atoms with Gasteiger partial charge in [0.1, 0.15) is 0 Å². The Morgan fingerprint density at radius 1 is 1.52 bits per heavy atom. The first-order valence-corrected chi connectivity index (χ1v) is 9.25. The number of rotatable bonds is 5. The lowest BCUT2D eigenvalue weighted by Gasteiger charge is -2.28. The van der Waals surface area contributed by atoms with Crippen LogP contribution in [-0.2, 0) is 9.84 Å². The number of pyridine rings is 1. The zero-order valence-corrected chi connectivity index (χ0v) is 13.5. The summed E-state index contributed by atoms with van der Waals surface area (Å²) in [7, 11) is -3.03. The standard InChI is InChI=1S/C14H19ClN2O3S/c1-2-3-7-17(11-5-8-21(19,20)10-11)14(18)12-4-6-16-9-13(12)15/h4,6,9,11H,2-3,5,7-8,10H2,1H3. The van der Waals surface area contributed by atoms with Crippen LogP contribution >= 0.6 is 11.6 Å². The van der Waals surface area contributed by atoms with Gasteiger partial charge in [0.15, 0.2) is 9.84 Å². The summed E-state index contributed by atoms with van der Waals surface area (Å²) in [5, 5.41) is 0.296. The third kappa shape index (κ3) is 3.95. The highest BCUT2D eigenvalue weighted by Gasteiger charge is 2.35. The summed E-state index contributed by atoms with van der Waals surface area (Å²) < 4.78 is 23.3. The maximum Gasteiger partial charge on any atom is 0.255 e. The van der Waals surface area contributed by atoms with Crippen molar-refractivity contribution in [3.63, 3.8) is 0 Å². The van der Waals surface area contributed by atoms with Gasteiger partial charge in [0.2, 0.25) is 0 Å². The van der Waals surface area contributed by atoms with Crippen LogP contribution in [0.1, 0.15) is 36.5 Å². The SMILES string of the molecule is CCCCN(C(=O)c1ccncc1Cl)C1CCS(=O)(=O)C1. The summed E-state index contributed by atoms with van der Waals surface area (Å²) >= 11 is 6.03. The van der Waals surface area contributed by atoms with E-state index >= 15 is 0 Å². The fourth-order valence-corrected chi connectivity index (χ4v) is 4.43. The molecule has 116 valence electrons. The number of hydrogen-bond donors (Lipinski definition) is 0. The molecule has 0 saturated carbocycles. The third-order valence-corrected chi connectivity index (χ3v) is 5.72. The summed E-state index contributed by atoms with van der Waals surface area (Å²) in [6, 6.07) is 1.32. The van der Waals surface area contributed by atoms with E-state index in [0.29, 0.717) is 23.6 Å². The Labute approximate surface area is 130 Å². The molecule has 5 nitrogen and oxygen atoms in total. The summed E-state index contributed by atoms with van der Waals surface area (Å²) in [4.78, 5) is 18.2. The van der Waals surface area contributed by atoms with Crippen LogP contribution in [0.15, 0.2) is 18.5 Å². The van der Waals surface area contributed by atoms with Gasteiger partial charge in [0.25, 0.3) is 5.91 Å². The lowest BCUT2D eigenvalue weighted by Crippen LogP contribution is -2.41. The van der Waals surface area contributed by atoms with Crippen molar-refractivity contribution < 1.29 is 13.2 Å². The minimum Gasteiger partial charge on any atom is -0.335 e. The lowest BCUT2D eigenvalue weighted by atomic mass is 10.1. The van der Waals surface area contributed by atoms with Crippen molar-refractivity contribution in [1.29, 1.82) is 0 Å². The number of carbonyl (C=O) groups is 1. The second-order valence-electron chi connectivity index (χ2n) is 5.26. The van der Waals surface area contributed by atoms with Gasteiger partial charge in [-0.3, -0.25) is 9.78 Å². The van der Waals surface area contributed by atoms with E-state index < -0.39 is 9.84 Å². The maximum atomic E-state index is 12.7. The molecule has 1 aliphatic heterocycles. The van der Waals surface area contributed by atoms with Gasteiger partial charge in [0, 0.05) is 25.0 Å². The Balaban J connectivity index is 2.24. The first kappa shape index (κ1) is 16.2. The number of carbonyl (C=O) groups excluding carboxylic acids is 1. The zero-order chi connectivity index (χ0) is 15.5. The van der Waals surface area contributed by atoms with Gasteiger partial charge >= 0.3 is 0 Å². The van der Waals surface area contributed by atoms with E-state index in [0.717, 1.165) is 12.8 Å². The zero-order valence-electron chi connectivity index (χ0n) is 12.0. The smallest absolute Gasteiger partial charge is 0.255 e. The average Bonchev–Trinajstić information content (AvgIpc) is 2.79. The second kappa shape index (κ2) is 6.75. The summed E-state index contributed by atoms with van der Waals surface area (Å²) in [5.74, 6) is -0.0130. The van der Waals surface area contributed by atoms with Crippen LogP contribution in [0.5, 0.6) is 0 Å². The van der Waals surface area contributed by atoms with Crippen LogP contribution in [0.2, 0.25) is 5.02 Å². The first-order chi connectivity index (χ1) is 9.94. The summed E-state index contributed by atoms with van der Waals surface area (Å²) in [6.45, 7) is 2.58. The number of amides is 1. The van der Waals surface area contributed by atoms with E-state index in [1.54, 1.807) is 11.0 Å². The van der Waals surface area contributed by atoms with Gasteiger partial charge in [-0.05, 0) is 18.9 Å². The molecule has 0 radical (unpaired) electrons. The highest BCUT2D eigenvalue weighted by molar-refractivity contribution is 7.91. The Kier molecular flexibility index (Phi) is 5.22. The van der Waals surface area contributed by atoms with E-state index in [9.17, 15) is 13.2 Å². The highest BCUT2D eigenvalue weighted by Crippen LogP contribution is 2.23. The molecular formula is C14H19ClN2O3S. The molecule has 7 heteroatoms. The molecule has 1 amide bonds. The predicted octanol–water partition coefficient (Wildman–Crippen LogP) is 2.16. The van der Waals surface area contributed by atoms with E-state index in [4.69, 9.17) is 11.6 Å². The molecule has 0 aliphatic carbocycles. The summed E-state index contributed by atoms with van der Waals surface area (Å²) in [5.41, 5.74) is 0.382. The van der Waals surface area contributed by atoms with Crippen molar-refractivity contribution in [2.75, 3.05) is 18.1 Å². The van der Waals surface area contributed by atoms with Crippen LogP contribution in [0.4, 0.5) is 0 Å². The highest BCUT2D eigenvalue weighted by atomic mass is 35.5. The molecule has 1 aliphatic rings. The molecule has 2 rings (SSSR count). The molecule has 0 spiro atoms. The van der Waals surface area contributed by atoms with Crippen LogP contribution in [-0.4, -0.2) is 48.3 Å². The van der Waals surface area contributed by atoms with Gasteiger partial charge in [0.05, 0.1) is 22.1 Å². The molecule has 1 atom stereocenters. The predicted molar refractivity (Wildman–Crippen MR) is 82.3 cm³/mol. The van der Waals surface area contributed by atoms with Crippen molar-refractivity contribution >= 4 is 27.3 Å². The molecular weight excluding hydrogens is 312 g/mol. The Bertz CT molecular complexity index is 618. The molecule has 2 heterocycles. The van der Waals surface area contributed by atoms with E-state index in [1.807, 2.05) is 6.92 Å². The molecule has 1 saturated heterocycles. The second-order valence-corrected chi connectivity index (χ2v) is 7.90. The van der Waals surface area contributed by atoms with E-state index in [2.05, 4.69) is 4.98 Å². The number of nitrogens with zero attached hydrogens (tertiary/aromatic N) is 2. The van der Waals surface area contributed by atoms with Gasteiger partial charge in [-0.25, -0.2) is 8.42 Å². The lowest BCUT2D eigenvalue weighted by molar-refractivity contribution is 0.0694. The molecule has 0 N–H and O–H groups in total. The van der Waals surface area contributed by atoms with E-state index in [-0.39, 0.29) is 23.5 Å². The normalized spacial score (nSPS) is 20.4. The van der Waals surface area contributed by atoms with Crippen molar-refractivity contribution in [2.24, 2.45) is 0 Å². The van der Waals surface area contributed by atoms with Gasteiger partial charge in [-0.15, -0.1) is 0 Å². The fraction of sp³-hybridized carbons (Fsp3) is 0.571. The van der Waals surface area contributed by atoms with Crippen molar-refractivity contribution in [3.05, 3.63) is 29.0 Å². The maximum absolute atomic E-state index is 12.7. The van der Waals surface area contributed by atoms with Gasteiger partial charge in [-0.2, -0.15) is 0 Å². The Morgan fingerprint density at radius 2 is 2.29 bits per heavy atom. The van der Waals surface area contributed by atoms with Crippen molar-refractivity contribution in [2.45, 2.75) is 32.2 Å². The number of unbranched alkanes of at least 4 members (excludes halogenated alkanes) is 1. The van der Waals surface area contributed by atoms with Crippen LogP contribution < -0.4 is 0 Å². The largest absolute Gasteiger partial charge is 0.335 e. The molecule has 21 heavy (non-hydrogen) atoms. The topological polar surface area (TPSA) is 67.3 Å². The Morgan fingerprint density at radius 3 is 2.86 bits per heavy atom. The minimum atomic E-state index is -3.03. The molecule has 1 aromatic heterocycles. The van der Waals surface area contributed by atoms with Crippen LogP contribution in [0.25, 0.3) is 0 Å². The van der Waals surface area contributed by atoms with Gasteiger partial charge in [-0.1, -0.05) is 24.9 Å². The van der Waals surface area contributed by atoms with Crippen LogP contribution in [0.3, 0.4) is 0 Å². The van der Waals surface area contributed by atoms with E-state index in [1.165, 1.54) is 12.4 Å². The van der Waals surface area contributed by atoms with Crippen molar-refractivity contribution in [3.8, 4) is 0 Å². The van der Waals surface area contributed by atoms with Crippen LogP contribution in [0, 0.1) is 0 Å². The molecule has 1 aromatic rings. The van der Waals surface area contributed by atoms with Gasteiger partial charge < -0.3 is 4.90 Å².